The summed E-state index contributed by atoms with van der Waals surface area (Å²) in [4.78, 5) is 4.23. The first kappa shape index (κ1) is 14.9. The van der Waals surface area contributed by atoms with Crippen molar-refractivity contribution in [1.82, 2.24) is 10.1 Å². The van der Waals surface area contributed by atoms with Gasteiger partial charge in [0.15, 0.2) is 5.82 Å². The van der Waals surface area contributed by atoms with E-state index in [1.165, 1.54) is 6.07 Å². The van der Waals surface area contributed by atoms with Gasteiger partial charge >= 0.3 is 0 Å². The van der Waals surface area contributed by atoms with Gasteiger partial charge < -0.3 is 10.3 Å². The van der Waals surface area contributed by atoms with Gasteiger partial charge in [-0.15, -0.1) is 0 Å². The number of halogens is 2. The average Bonchev–Trinajstić information content (AvgIpc) is 2.81. The highest BCUT2D eigenvalue weighted by Gasteiger charge is 2.27. The molecule has 0 radical (unpaired) electrons. The molecule has 1 heterocycles. The second-order valence-electron chi connectivity index (χ2n) is 5.78. The zero-order chi connectivity index (χ0) is 14.9. The lowest BCUT2D eigenvalue weighted by molar-refractivity contribution is 0.252. The monoisotopic (exact) mass is 297 g/mol. The summed E-state index contributed by atoms with van der Waals surface area (Å²) in [6.07, 6.45) is 0.215. The Hall–Kier alpha value is -1.46. The Kier molecular flexibility index (Phi) is 4.11. The number of hydrogen-bond acceptors (Lipinski definition) is 4. The third-order valence-electron chi connectivity index (χ3n) is 3.06. The summed E-state index contributed by atoms with van der Waals surface area (Å²) >= 11 is 5.74. The number of nitrogens with two attached hydrogens (primary N) is 1. The number of nitrogens with zero attached hydrogens (tertiary/aromatic N) is 2. The standard InChI is InChI=1S/C14H17ClFN3O/c1-14(2,3)12(17)13-18-10(19-20-13)7-8-5-4-6-9(15)11(8)16/h4-6,12H,7,17H2,1-3H3. The Morgan fingerprint density at radius 3 is 2.75 bits per heavy atom. The summed E-state index contributed by atoms with van der Waals surface area (Å²) in [6.45, 7) is 5.95. The first-order valence-electron chi connectivity index (χ1n) is 6.30. The molecular weight excluding hydrogens is 281 g/mol. The van der Waals surface area contributed by atoms with Gasteiger partial charge in [-0.1, -0.05) is 49.7 Å². The molecule has 6 heteroatoms. The molecule has 2 aromatic rings. The summed E-state index contributed by atoms with van der Waals surface area (Å²) in [5.74, 6) is 0.288. The third-order valence-corrected chi connectivity index (χ3v) is 3.35. The van der Waals surface area contributed by atoms with Crippen LogP contribution in [0.2, 0.25) is 5.02 Å². The van der Waals surface area contributed by atoms with Crippen molar-refractivity contribution in [2.24, 2.45) is 11.1 Å². The molecule has 0 spiro atoms. The summed E-state index contributed by atoms with van der Waals surface area (Å²) in [5.41, 5.74) is 6.28. The number of aromatic nitrogens is 2. The Morgan fingerprint density at radius 2 is 2.10 bits per heavy atom. The van der Waals surface area contributed by atoms with Gasteiger partial charge in [0.2, 0.25) is 5.89 Å². The Bertz CT molecular complexity index is 607. The predicted octanol–water partition coefficient (Wildman–Crippen LogP) is 3.50. The largest absolute Gasteiger partial charge is 0.338 e. The van der Waals surface area contributed by atoms with E-state index in [9.17, 15) is 4.39 Å². The summed E-state index contributed by atoms with van der Waals surface area (Å²) in [7, 11) is 0. The molecule has 0 fully saturated rings. The lowest BCUT2D eigenvalue weighted by Crippen LogP contribution is -2.26. The molecule has 2 N–H and O–H groups in total. The molecule has 0 aliphatic heterocycles. The topological polar surface area (TPSA) is 64.9 Å². The van der Waals surface area contributed by atoms with Crippen LogP contribution in [-0.4, -0.2) is 10.1 Å². The van der Waals surface area contributed by atoms with E-state index in [0.29, 0.717) is 17.3 Å². The molecule has 1 atom stereocenters. The van der Waals surface area contributed by atoms with Crippen LogP contribution in [0.15, 0.2) is 22.7 Å². The molecule has 108 valence electrons. The summed E-state index contributed by atoms with van der Waals surface area (Å²) < 4.78 is 19.0. The quantitative estimate of drug-likeness (QED) is 0.941. The summed E-state index contributed by atoms with van der Waals surface area (Å²) in [5, 5.41) is 3.92. The fourth-order valence-corrected chi connectivity index (χ4v) is 1.89. The zero-order valence-electron chi connectivity index (χ0n) is 11.7. The maximum atomic E-state index is 13.8. The molecule has 0 aliphatic carbocycles. The maximum absolute atomic E-state index is 13.8. The van der Waals surface area contributed by atoms with Crippen LogP contribution >= 0.6 is 11.6 Å². The van der Waals surface area contributed by atoms with Crippen LogP contribution in [0.3, 0.4) is 0 Å². The van der Waals surface area contributed by atoms with E-state index in [-0.39, 0.29) is 22.9 Å². The van der Waals surface area contributed by atoms with E-state index in [1.807, 2.05) is 20.8 Å². The van der Waals surface area contributed by atoms with Crippen molar-refractivity contribution in [2.75, 3.05) is 0 Å². The Morgan fingerprint density at radius 1 is 1.40 bits per heavy atom. The van der Waals surface area contributed by atoms with Gasteiger partial charge in [0.05, 0.1) is 11.1 Å². The minimum absolute atomic E-state index is 0.0811. The van der Waals surface area contributed by atoms with E-state index in [0.717, 1.165) is 0 Å². The molecular formula is C14H17ClFN3O. The van der Waals surface area contributed by atoms with E-state index >= 15 is 0 Å². The van der Waals surface area contributed by atoms with Crippen LogP contribution < -0.4 is 5.73 Å². The Labute approximate surface area is 122 Å². The average molecular weight is 298 g/mol. The van der Waals surface area contributed by atoms with Crippen molar-refractivity contribution in [2.45, 2.75) is 33.2 Å². The van der Waals surface area contributed by atoms with Crippen molar-refractivity contribution < 1.29 is 8.91 Å². The van der Waals surface area contributed by atoms with Crippen molar-refractivity contribution in [1.29, 1.82) is 0 Å². The normalized spacial score (nSPS) is 13.5. The van der Waals surface area contributed by atoms with Gasteiger partial charge in [0.25, 0.3) is 0 Å². The second kappa shape index (κ2) is 5.50. The van der Waals surface area contributed by atoms with Gasteiger partial charge in [-0.05, 0) is 17.0 Å². The molecule has 2 rings (SSSR count). The van der Waals surface area contributed by atoms with Crippen LogP contribution in [0.1, 0.15) is 44.1 Å². The first-order valence-corrected chi connectivity index (χ1v) is 6.68. The maximum Gasteiger partial charge on any atom is 0.244 e. The van der Waals surface area contributed by atoms with Crippen molar-refractivity contribution in [3.8, 4) is 0 Å². The smallest absolute Gasteiger partial charge is 0.244 e. The first-order chi connectivity index (χ1) is 9.29. The SMILES string of the molecule is CC(C)(C)C(N)c1nc(Cc2cccc(Cl)c2F)no1. The molecule has 4 nitrogen and oxygen atoms in total. The van der Waals surface area contributed by atoms with Gasteiger partial charge in [-0.3, -0.25) is 0 Å². The van der Waals surface area contributed by atoms with Gasteiger partial charge in [-0.2, -0.15) is 4.98 Å². The molecule has 0 saturated heterocycles. The molecule has 0 amide bonds. The molecule has 1 unspecified atom stereocenters. The number of hydrogen-bond donors (Lipinski definition) is 1. The van der Waals surface area contributed by atoms with Gasteiger partial charge in [-0.25, -0.2) is 4.39 Å². The van der Waals surface area contributed by atoms with E-state index in [4.69, 9.17) is 21.9 Å². The van der Waals surface area contributed by atoms with Gasteiger partial charge in [0, 0.05) is 6.42 Å². The fraction of sp³-hybridized carbons (Fsp3) is 0.429. The van der Waals surface area contributed by atoms with Crippen LogP contribution in [0.5, 0.6) is 0 Å². The van der Waals surface area contributed by atoms with Crippen LogP contribution in [0.25, 0.3) is 0 Å². The second-order valence-corrected chi connectivity index (χ2v) is 6.19. The minimum Gasteiger partial charge on any atom is -0.338 e. The lowest BCUT2D eigenvalue weighted by Gasteiger charge is -2.23. The molecule has 1 aromatic carbocycles. The fourth-order valence-electron chi connectivity index (χ4n) is 1.69. The molecule has 20 heavy (non-hydrogen) atoms. The minimum atomic E-state index is -0.458. The Balaban J connectivity index is 2.20. The molecule has 0 aliphatic rings. The van der Waals surface area contributed by atoms with Crippen LogP contribution in [-0.2, 0) is 6.42 Å². The molecule has 0 saturated carbocycles. The highest BCUT2D eigenvalue weighted by Crippen LogP contribution is 2.29. The third kappa shape index (κ3) is 3.16. The highest BCUT2D eigenvalue weighted by molar-refractivity contribution is 6.30. The van der Waals surface area contributed by atoms with Crippen LogP contribution in [0.4, 0.5) is 4.39 Å². The van der Waals surface area contributed by atoms with E-state index in [1.54, 1.807) is 12.1 Å². The van der Waals surface area contributed by atoms with Crippen LogP contribution in [0, 0.1) is 11.2 Å². The molecule has 1 aromatic heterocycles. The van der Waals surface area contributed by atoms with E-state index in [2.05, 4.69) is 10.1 Å². The predicted molar refractivity (Wildman–Crippen MR) is 74.9 cm³/mol. The summed E-state index contributed by atoms with van der Waals surface area (Å²) in [6, 6.07) is 4.45. The number of rotatable bonds is 3. The zero-order valence-corrected chi connectivity index (χ0v) is 12.4. The number of benzene rings is 1. The molecule has 0 bridgehead atoms. The lowest BCUT2D eigenvalue weighted by atomic mass is 9.87. The van der Waals surface area contributed by atoms with Gasteiger partial charge in [0.1, 0.15) is 5.82 Å². The van der Waals surface area contributed by atoms with Crippen molar-refractivity contribution in [3.05, 3.63) is 46.3 Å². The van der Waals surface area contributed by atoms with Crippen molar-refractivity contribution in [3.63, 3.8) is 0 Å². The van der Waals surface area contributed by atoms with Crippen molar-refractivity contribution >= 4 is 11.6 Å². The van der Waals surface area contributed by atoms with E-state index < -0.39 is 5.82 Å². The highest BCUT2D eigenvalue weighted by atomic mass is 35.5.